The maximum atomic E-state index is 11.0. The Hall–Kier alpha value is -1.10. The molecule has 3 unspecified atom stereocenters. The highest BCUT2D eigenvalue weighted by Gasteiger charge is 2.82. The smallest absolute Gasteiger partial charge is 0.340 e. The third-order valence-corrected chi connectivity index (χ3v) is 3.42. The molecule has 0 amide bonds. The molecule has 5 heteroatoms. The normalized spacial score (nSPS) is 45.4. The fraction of sp³-hybridized carbons (Fsp3) is 0.778. The van der Waals surface area contributed by atoms with Crippen LogP contribution in [0, 0.1) is 5.92 Å². The SMILES string of the molecule is CC1CCCC2(C(=O)O)OC12C(=O)O. The van der Waals surface area contributed by atoms with Gasteiger partial charge in [-0.05, 0) is 25.2 Å². The highest BCUT2D eigenvalue weighted by Crippen LogP contribution is 2.60. The third kappa shape index (κ3) is 0.785. The van der Waals surface area contributed by atoms with Crippen molar-refractivity contribution in [1.82, 2.24) is 0 Å². The first kappa shape index (κ1) is 9.45. The Labute approximate surface area is 80.7 Å². The van der Waals surface area contributed by atoms with E-state index in [0.717, 1.165) is 0 Å². The second kappa shape index (κ2) is 2.48. The summed E-state index contributed by atoms with van der Waals surface area (Å²) in [5.41, 5.74) is -2.91. The van der Waals surface area contributed by atoms with Crippen LogP contribution in [-0.4, -0.2) is 33.4 Å². The summed E-state index contributed by atoms with van der Waals surface area (Å²) in [5, 5.41) is 18.0. The Bertz CT molecular complexity index is 312. The van der Waals surface area contributed by atoms with Gasteiger partial charge in [0.25, 0.3) is 0 Å². The first-order valence-corrected chi connectivity index (χ1v) is 4.64. The van der Waals surface area contributed by atoms with Gasteiger partial charge in [-0.2, -0.15) is 0 Å². The number of hydrogen-bond donors (Lipinski definition) is 2. The van der Waals surface area contributed by atoms with E-state index in [0.29, 0.717) is 19.3 Å². The van der Waals surface area contributed by atoms with Gasteiger partial charge in [-0.1, -0.05) is 6.92 Å². The summed E-state index contributed by atoms with van der Waals surface area (Å²) in [7, 11) is 0. The molecule has 2 rings (SSSR count). The number of rotatable bonds is 2. The summed E-state index contributed by atoms with van der Waals surface area (Å²) in [6, 6.07) is 0. The molecule has 0 aromatic heterocycles. The Morgan fingerprint density at radius 1 is 1.36 bits per heavy atom. The fourth-order valence-electron chi connectivity index (χ4n) is 2.58. The van der Waals surface area contributed by atoms with Crippen LogP contribution in [0.3, 0.4) is 0 Å². The van der Waals surface area contributed by atoms with Crippen molar-refractivity contribution in [2.24, 2.45) is 5.92 Å². The van der Waals surface area contributed by atoms with Crippen molar-refractivity contribution in [2.45, 2.75) is 37.4 Å². The number of hydrogen-bond acceptors (Lipinski definition) is 3. The van der Waals surface area contributed by atoms with Gasteiger partial charge in [0.15, 0.2) is 0 Å². The lowest BCUT2D eigenvalue weighted by atomic mass is 9.73. The molecule has 0 spiro atoms. The second-order valence-electron chi connectivity index (χ2n) is 4.07. The molecule has 3 atom stereocenters. The zero-order valence-corrected chi connectivity index (χ0v) is 7.82. The van der Waals surface area contributed by atoms with Crippen molar-refractivity contribution in [1.29, 1.82) is 0 Å². The Morgan fingerprint density at radius 3 is 2.43 bits per heavy atom. The molecule has 1 aliphatic carbocycles. The molecule has 0 bridgehead atoms. The summed E-state index contributed by atoms with van der Waals surface area (Å²) in [6.45, 7) is 1.73. The van der Waals surface area contributed by atoms with E-state index in [9.17, 15) is 9.59 Å². The predicted molar refractivity (Wildman–Crippen MR) is 44.8 cm³/mol. The van der Waals surface area contributed by atoms with Crippen LogP contribution in [0.2, 0.25) is 0 Å². The molecule has 2 aliphatic rings. The molecule has 1 saturated heterocycles. The van der Waals surface area contributed by atoms with Crippen molar-refractivity contribution in [3.05, 3.63) is 0 Å². The molecule has 0 aromatic carbocycles. The molecule has 1 heterocycles. The zero-order chi connectivity index (χ0) is 10.6. The first-order chi connectivity index (χ1) is 6.47. The minimum Gasteiger partial charge on any atom is -0.479 e. The number of fused-ring (bicyclic) bond motifs is 1. The van der Waals surface area contributed by atoms with E-state index in [1.54, 1.807) is 6.92 Å². The Morgan fingerprint density at radius 2 is 2.00 bits per heavy atom. The third-order valence-electron chi connectivity index (χ3n) is 3.42. The van der Waals surface area contributed by atoms with Crippen LogP contribution in [-0.2, 0) is 14.3 Å². The highest BCUT2D eigenvalue weighted by molar-refractivity contribution is 5.97. The largest absolute Gasteiger partial charge is 0.479 e. The van der Waals surface area contributed by atoms with Crippen LogP contribution in [0.5, 0.6) is 0 Å². The van der Waals surface area contributed by atoms with E-state index in [2.05, 4.69) is 0 Å². The lowest BCUT2D eigenvalue weighted by molar-refractivity contribution is -0.149. The molecule has 5 nitrogen and oxygen atoms in total. The lowest BCUT2D eigenvalue weighted by Crippen LogP contribution is -2.46. The topological polar surface area (TPSA) is 87.1 Å². The minimum atomic E-state index is -1.46. The predicted octanol–water partition coefficient (Wildman–Crippen LogP) is 0.483. The summed E-state index contributed by atoms with van der Waals surface area (Å²) in [6.07, 6.45) is 1.72. The van der Waals surface area contributed by atoms with Gasteiger partial charge in [0.05, 0.1) is 0 Å². The summed E-state index contributed by atoms with van der Waals surface area (Å²) in [4.78, 5) is 22.0. The maximum absolute atomic E-state index is 11.0. The van der Waals surface area contributed by atoms with Crippen LogP contribution in [0.4, 0.5) is 0 Å². The van der Waals surface area contributed by atoms with E-state index in [-0.39, 0.29) is 5.92 Å². The molecular formula is C9H12O5. The number of carboxylic acid groups (broad SMARTS) is 2. The monoisotopic (exact) mass is 200 g/mol. The van der Waals surface area contributed by atoms with E-state index >= 15 is 0 Å². The standard InChI is InChI=1S/C9H12O5/c1-5-3-2-4-8(6(10)11)9(5,14-8)7(12)13/h5H,2-4H2,1H3,(H,10,11)(H,12,13). The van der Waals surface area contributed by atoms with Gasteiger partial charge in [-0.25, -0.2) is 9.59 Å². The molecular weight excluding hydrogens is 188 g/mol. The van der Waals surface area contributed by atoms with Crippen molar-refractivity contribution in [3.63, 3.8) is 0 Å². The Balaban J connectivity index is 2.39. The van der Waals surface area contributed by atoms with Crippen LogP contribution in [0.25, 0.3) is 0 Å². The fourth-order valence-corrected chi connectivity index (χ4v) is 2.58. The number of epoxide rings is 1. The van der Waals surface area contributed by atoms with Gasteiger partial charge in [0.2, 0.25) is 11.2 Å². The summed E-state index contributed by atoms with van der Waals surface area (Å²) >= 11 is 0. The maximum Gasteiger partial charge on any atom is 0.340 e. The van der Waals surface area contributed by atoms with Gasteiger partial charge in [0, 0.05) is 0 Å². The van der Waals surface area contributed by atoms with E-state index < -0.39 is 23.1 Å². The number of ether oxygens (including phenoxy) is 1. The number of carboxylic acids is 2. The van der Waals surface area contributed by atoms with Gasteiger partial charge in [0.1, 0.15) is 0 Å². The number of carbonyl (C=O) groups is 2. The average Bonchev–Trinajstić information content (AvgIpc) is 2.78. The first-order valence-electron chi connectivity index (χ1n) is 4.64. The second-order valence-corrected chi connectivity index (χ2v) is 4.07. The molecule has 2 N–H and O–H groups in total. The van der Waals surface area contributed by atoms with Crippen molar-refractivity contribution in [2.75, 3.05) is 0 Å². The lowest BCUT2D eigenvalue weighted by Gasteiger charge is -2.24. The highest BCUT2D eigenvalue weighted by atomic mass is 16.7. The van der Waals surface area contributed by atoms with E-state index in [1.165, 1.54) is 0 Å². The van der Waals surface area contributed by atoms with Gasteiger partial charge < -0.3 is 14.9 Å². The number of aliphatic carboxylic acids is 2. The molecule has 14 heavy (non-hydrogen) atoms. The average molecular weight is 200 g/mol. The van der Waals surface area contributed by atoms with Gasteiger partial charge in [-0.15, -0.1) is 0 Å². The van der Waals surface area contributed by atoms with Gasteiger partial charge in [-0.3, -0.25) is 0 Å². The van der Waals surface area contributed by atoms with Crippen LogP contribution < -0.4 is 0 Å². The molecule has 0 radical (unpaired) electrons. The summed E-state index contributed by atoms with van der Waals surface area (Å²) < 4.78 is 5.09. The molecule has 0 aromatic rings. The molecule has 1 aliphatic heterocycles. The Kier molecular flexibility index (Phi) is 1.67. The van der Waals surface area contributed by atoms with Crippen molar-refractivity contribution >= 4 is 11.9 Å². The van der Waals surface area contributed by atoms with Crippen molar-refractivity contribution in [3.8, 4) is 0 Å². The molecule has 2 fully saturated rings. The van der Waals surface area contributed by atoms with E-state index in [1.807, 2.05) is 0 Å². The van der Waals surface area contributed by atoms with Crippen molar-refractivity contribution < 1.29 is 24.5 Å². The van der Waals surface area contributed by atoms with Gasteiger partial charge >= 0.3 is 11.9 Å². The molecule has 1 saturated carbocycles. The van der Waals surface area contributed by atoms with Crippen LogP contribution >= 0.6 is 0 Å². The van der Waals surface area contributed by atoms with E-state index in [4.69, 9.17) is 14.9 Å². The van der Waals surface area contributed by atoms with Crippen LogP contribution in [0.15, 0.2) is 0 Å². The minimum absolute atomic E-state index is 0.232. The van der Waals surface area contributed by atoms with Crippen LogP contribution in [0.1, 0.15) is 26.2 Å². The zero-order valence-electron chi connectivity index (χ0n) is 7.82. The summed E-state index contributed by atoms with van der Waals surface area (Å²) in [5.74, 6) is -2.52. The molecule has 78 valence electrons. The quantitative estimate of drug-likeness (QED) is 0.633.